The first kappa shape index (κ1) is 19.1. The third-order valence-electron chi connectivity index (χ3n) is 3.56. The van der Waals surface area contributed by atoms with Gasteiger partial charge >= 0.3 is 5.97 Å². The molecule has 0 heterocycles. The molecule has 0 bridgehead atoms. The van der Waals surface area contributed by atoms with Crippen molar-refractivity contribution in [2.45, 2.75) is 51.2 Å². The number of allylic oxidation sites excluding steroid dienone is 1. The summed E-state index contributed by atoms with van der Waals surface area (Å²) in [7, 11) is 0. The Bertz CT molecular complexity index is 534. The van der Waals surface area contributed by atoms with Gasteiger partial charge in [0.05, 0.1) is 12.2 Å². The van der Waals surface area contributed by atoms with E-state index in [1.807, 2.05) is 43.3 Å². The lowest BCUT2D eigenvalue weighted by Gasteiger charge is -2.06. The standard InChI is InChI=1S/C19H26O4/c1-2-17(20)14-13-16-8-4-3-7-15(16)9-5-10-18(21)11-6-12-19(22)23/h3-5,7-8,10,13-14,17-18,20-21H,2,6,9,11-12H2,1H3,(H,22,23)/b10-5+,14-13+/t17-,18-/m1/s1. The molecule has 0 saturated heterocycles. The molecule has 4 nitrogen and oxygen atoms in total. The SMILES string of the molecule is CC[C@@H](O)/C=C/c1ccccc1C/C=C/[C@@H](O)CCCC(=O)O. The number of aliphatic carboxylic acids is 1. The molecule has 0 radical (unpaired) electrons. The fourth-order valence-electron chi connectivity index (χ4n) is 2.14. The molecule has 0 saturated carbocycles. The topological polar surface area (TPSA) is 77.8 Å². The molecule has 1 aromatic rings. The summed E-state index contributed by atoms with van der Waals surface area (Å²) in [5.74, 6) is -0.837. The van der Waals surface area contributed by atoms with Crippen LogP contribution in [0.1, 0.15) is 43.7 Å². The van der Waals surface area contributed by atoms with Gasteiger partial charge in [0.25, 0.3) is 0 Å². The minimum absolute atomic E-state index is 0.0816. The maximum atomic E-state index is 10.4. The Morgan fingerprint density at radius 2 is 1.91 bits per heavy atom. The fourth-order valence-corrected chi connectivity index (χ4v) is 2.14. The molecule has 0 unspecified atom stereocenters. The Kier molecular flexibility index (Phi) is 8.95. The first-order valence-electron chi connectivity index (χ1n) is 8.03. The van der Waals surface area contributed by atoms with E-state index in [4.69, 9.17) is 5.11 Å². The number of hydrogen-bond acceptors (Lipinski definition) is 3. The van der Waals surface area contributed by atoms with Gasteiger partial charge in [-0.05, 0) is 36.8 Å². The summed E-state index contributed by atoms with van der Waals surface area (Å²) >= 11 is 0. The van der Waals surface area contributed by atoms with Crippen LogP contribution in [0.3, 0.4) is 0 Å². The average Bonchev–Trinajstić information content (AvgIpc) is 2.53. The van der Waals surface area contributed by atoms with Crippen LogP contribution in [0.5, 0.6) is 0 Å². The van der Waals surface area contributed by atoms with Gasteiger partial charge in [0.2, 0.25) is 0 Å². The molecule has 126 valence electrons. The van der Waals surface area contributed by atoms with Crippen LogP contribution in [0.25, 0.3) is 6.08 Å². The minimum atomic E-state index is -0.837. The van der Waals surface area contributed by atoms with Crippen molar-refractivity contribution in [3.8, 4) is 0 Å². The molecule has 0 aromatic heterocycles. The lowest BCUT2D eigenvalue weighted by atomic mass is 10.0. The molecule has 0 aliphatic heterocycles. The maximum Gasteiger partial charge on any atom is 0.303 e. The van der Waals surface area contributed by atoms with Crippen molar-refractivity contribution in [2.24, 2.45) is 0 Å². The highest BCUT2D eigenvalue weighted by Gasteiger charge is 2.03. The second-order valence-electron chi connectivity index (χ2n) is 5.52. The number of hydrogen-bond donors (Lipinski definition) is 3. The van der Waals surface area contributed by atoms with E-state index in [0.29, 0.717) is 25.7 Å². The number of rotatable bonds is 10. The lowest BCUT2D eigenvalue weighted by Crippen LogP contribution is -2.04. The Balaban J connectivity index is 2.55. The van der Waals surface area contributed by atoms with Gasteiger partial charge in [0.15, 0.2) is 0 Å². The highest BCUT2D eigenvalue weighted by atomic mass is 16.4. The van der Waals surface area contributed by atoms with Crippen LogP contribution in [0.2, 0.25) is 0 Å². The highest BCUT2D eigenvalue weighted by molar-refractivity contribution is 5.66. The Hall–Kier alpha value is -1.91. The summed E-state index contributed by atoms with van der Waals surface area (Å²) in [5, 5.41) is 28.0. The second kappa shape index (κ2) is 10.8. The molecule has 23 heavy (non-hydrogen) atoms. The van der Waals surface area contributed by atoms with Crippen LogP contribution >= 0.6 is 0 Å². The zero-order chi connectivity index (χ0) is 17.1. The van der Waals surface area contributed by atoms with Crippen molar-refractivity contribution < 1.29 is 20.1 Å². The monoisotopic (exact) mass is 318 g/mol. The molecule has 0 spiro atoms. The normalized spacial score (nSPS) is 14.4. The number of carboxylic acids is 1. The third-order valence-corrected chi connectivity index (χ3v) is 3.56. The molecule has 0 aliphatic carbocycles. The highest BCUT2D eigenvalue weighted by Crippen LogP contribution is 2.13. The van der Waals surface area contributed by atoms with Gasteiger partial charge < -0.3 is 15.3 Å². The minimum Gasteiger partial charge on any atom is -0.481 e. The van der Waals surface area contributed by atoms with Crippen molar-refractivity contribution in [1.29, 1.82) is 0 Å². The Labute approximate surface area is 137 Å². The molecule has 4 heteroatoms. The molecular formula is C19H26O4. The summed E-state index contributed by atoms with van der Waals surface area (Å²) in [6, 6.07) is 7.91. The Morgan fingerprint density at radius 1 is 1.17 bits per heavy atom. The van der Waals surface area contributed by atoms with Crippen LogP contribution in [0.15, 0.2) is 42.5 Å². The molecular weight excluding hydrogens is 292 g/mol. The van der Waals surface area contributed by atoms with Crippen molar-refractivity contribution in [1.82, 2.24) is 0 Å². The van der Waals surface area contributed by atoms with E-state index in [9.17, 15) is 15.0 Å². The number of aliphatic hydroxyl groups excluding tert-OH is 2. The molecule has 0 amide bonds. The lowest BCUT2D eigenvalue weighted by molar-refractivity contribution is -0.137. The fraction of sp³-hybridized carbons (Fsp3) is 0.421. The van der Waals surface area contributed by atoms with Crippen molar-refractivity contribution >= 4 is 12.0 Å². The number of aliphatic hydroxyl groups is 2. The molecule has 1 aromatic carbocycles. The van der Waals surface area contributed by atoms with E-state index in [0.717, 1.165) is 11.1 Å². The zero-order valence-electron chi connectivity index (χ0n) is 13.6. The van der Waals surface area contributed by atoms with Gasteiger partial charge in [-0.2, -0.15) is 0 Å². The molecule has 0 fully saturated rings. The van der Waals surface area contributed by atoms with E-state index in [-0.39, 0.29) is 6.42 Å². The first-order valence-corrected chi connectivity index (χ1v) is 8.03. The van der Waals surface area contributed by atoms with Crippen LogP contribution in [0.4, 0.5) is 0 Å². The van der Waals surface area contributed by atoms with Crippen molar-refractivity contribution in [2.75, 3.05) is 0 Å². The summed E-state index contributed by atoms with van der Waals surface area (Å²) in [4.78, 5) is 10.4. The van der Waals surface area contributed by atoms with Crippen LogP contribution in [0, 0.1) is 0 Å². The van der Waals surface area contributed by atoms with E-state index in [1.54, 1.807) is 12.2 Å². The summed E-state index contributed by atoms with van der Waals surface area (Å²) in [6.45, 7) is 1.93. The largest absolute Gasteiger partial charge is 0.481 e. The van der Waals surface area contributed by atoms with Gasteiger partial charge in [-0.1, -0.05) is 55.5 Å². The molecule has 0 aliphatic rings. The smallest absolute Gasteiger partial charge is 0.303 e. The van der Waals surface area contributed by atoms with Crippen LogP contribution in [-0.2, 0) is 11.2 Å². The van der Waals surface area contributed by atoms with Gasteiger partial charge in [0.1, 0.15) is 0 Å². The maximum absolute atomic E-state index is 10.4. The van der Waals surface area contributed by atoms with Gasteiger partial charge in [0, 0.05) is 6.42 Å². The first-order chi connectivity index (χ1) is 11.0. The van der Waals surface area contributed by atoms with Crippen molar-refractivity contribution in [3.63, 3.8) is 0 Å². The zero-order valence-corrected chi connectivity index (χ0v) is 13.6. The van der Waals surface area contributed by atoms with Crippen molar-refractivity contribution in [3.05, 3.63) is 53.6 Å². The van der Waals surface area contributed by atoms with E-state index in [2.05, 4.69) is 0 Å². The van der Waals surface area contributed by atoms with Gasteiger partial charge in [-0.15, -0.1) is 0 Å². The van der Waals surface area contributed by atoms with Gasteiger partial charge in [-0.25, -0.2) is 0 Å². The van der Waals surface area contributed by atoms with Crippen LogP contribution < -0.4 is 0 Å². The molecule has 1 rings (SSSR count). The molecule has 2 atom stereocenters. The number of carboxylic acid groups (broad SMARTS) is 1. The van der Waals surface area contributed by atoms with Crippen LogP contribution in [-0.4, -0.2) is 33.5 Å². The van der Waals surface area contributed by atoms with E-state index < -0.39 is 18.2 Å². The quantitative estimate of drug-likeness (QED) is 0.579. The summed E-state index contributed by atoms with van der Waals surface area (Å²) in [5.41, 5.74) is 2.16. The van der Waals surface area contributed by atoms with E-state index in [1.165, 1.54) is 0 Å². The van der Waals surface area contributed by atoms with E-state index >= 15 is 0 Å². The summed E-state index contributed by atoms with van der Waals surface area (Å²) in [6.07, 6.45) is 8.62. The molecule has 3 N–H and O–H groups in total. The third kappa shape index (κ3) is 8.33. The summed E-state index contributed by atoms with van der Waals surface area (Å²) < 4.78 is 0. The average molecular weight is 318 g/mol. The predicted octanol–water partition coefficient (Wildman–Crippen LogP) is 3.19. The predicted molar refractivity (Wildman–Crippen MR) is 92.1 cm³/mol. The Morgan fingerprint density at radius 3 is 2.61 bits per heavy atom. The number of benzene rings is 1. The number of carbonyl (C=O) groups is 1. The van der Waals surface area contributed by atoms with Gasteiger partial charge in [-0.3, -0.25) is 4.79 Å². The second-order valence-corrected chi connectivity index (χ2v) is 5.52.